The number of nitrogens with zero attached hydrogens (tertiary/aromatic N) is 1. The number of hydrogen-bond acceptors (Lipinski definition) is 2. The number of ether oxygens (including phenoxy) is 2. The van der Waals surface area contributed by atoms with Crippen LogP contribution in [0.25, 0.3) is 0 Å². The molecule has 0 bridgehead atoms. The van der Waals surface area contributed by atoms with Crippen molar-refractivity contribution in [1.82, 2.24) is 0 Å². The van der Waals surface area contributed by atoms with Gasteiger partial charge in [-0.3, -0.25) is 0 Å². The molecule has 0 amide bonds. The van der Waals surface area contributed by atoms with Crippen LogP contribution in [0.3, 0.4) is 0 Å². The molecular weight excluding hydrogens is 310 g/mol. The molecule has 0 saturated carbocycles. The third-order valence-electron chi connectivity index (χ3n) is 4.91. The van der Waals surface area contributed by atoms with E-state index in [-0.39, 0.29) is 6.29 Å². The Morgan fingerprint density at radius 3 is 2.32 bits per heavy atom. The minimum atomic E-state index is -0.183. The Morgan fingerprint density at radius 1 is 1.04 bits per heavy atom. The van der Waals surface area contributed by atoms with Crippen molar-refractivity contribution in [3.8, 4) is 0 Å². The number of aromatic nitrogens is 1. The topological polar surface area (TPSA) is 22.3 Å². The van der Waals surface area contributed by atoms with Gasteiger partial charge in [-0.1, -0.05) is 45.1 Å². The highest BCUT2D eigenvalue weighted by Gasteiger charge is 2.23. The molecule has 0 aliphatic carbocycles. The number of unbranched alkanes of at least 4 members (excludes halogenated alkanes) is 6. The highest BCUT2D eigenvalue weighted by molar-refractivity contribution is 5.09. The lowest BCUT2D eigenvalue weighted by atomic mass is 10.0. The number of allylic oxidation sites excluding steroid dienone is 1. The Hall–Kier alpha value is -1.19. The van der Waals surface area contributed by atoms with Crippen molar-refractivity contribution in [3.05, 3.63) is 42.7 Å². The van der Waals surface area contributed by atoms with Gasteiger partial charge >= 0.3 is 0 Å². The predicted octanol–water partition coefficient (Wildman–Crippen LogP) is 5.35. The maximum absolute atomic E-state index is 5.96. The van der Waals surface area contributed by atoms with E-state index in [1.165, 1.54) is 44.9 Å². The van der Waals surface area contributed by atoms with Crippen LogP contribution in [0.1, 0.15) is 76.6 Å². The number of aryl methyl sites for hydroxylation is 1. The van der Waals surface area contributed by atoms with Crippen LogP contribution in [0.4, 0.5) is 0 Å². The molecule has 140 valence electrons. The van der Waals surface area contributed by atoms with Crippen LogP contribution in [0, 0.1) is 5.92 Å². The number of rotatable bonds is 12. The van der Waals surface area contributed by atoms with Crippen molar-refractivity contribution in [1.29, 1.82) is 0 Å². The highest BCUT2D eigenvalue weighted by atomic mass is 16.7. The molecule has 0 N–H and O–H groups in total. The second-order valence-corrected chi connectivity index (χ2v) is 7.22. The van der Waals surface area contributed by atoms with E-state index in [1.54, 1.807) is 0 Å². The van der Waals surface area contributed by atoms with E-state index in [0.717, 1.165) is 38.2 Å². The molecule has 2 heterocycles. The van der Waals surface area contributed by atoms with E-state index < -0.39 is 0 Å². The van der Waals surface area contributed by atoms with E-state index in [4.69, 9.17) is 9.47 Å². The summed E-state index contributed by atoms with van der Waals surface area (Å²) in [5.41, 5.74) is 1.13. The van der Waals surface area contributed by atoms with Crippen LogP contribution in [0.5, 0.6) is 0 Å². The largest absolute Gasteiger partial charge is 0.348 e. The quantitative estimate of drug-likeness (QED) is 0.289. The molecule has 1 fully saturated rings. The van der Waals surface area contributed by atoms with Gasteiger partial charge in [-0.05, 0) is 19.3 Å². The van der Waals surface area contributed by atoms with Crippen molar-refractivity contribution in [2.24, 2.45) is 5.92 Å². The summed E-state index contributed by atoms with van der Waals surface area (Å²) in [6, 6.07) is 4.24. The second kappa shape index (κ2) is 12.2. The van der Waals surface area contributed by atoms with Gasteiger partial charge in [-0.15, -0.1) is 6.58 Å². The molecule has 3 heteroatoms. The summed E-state index contributed by atoms with van der Waals surface area (Å²) in [5, 5.41) is 0. The van der Waals surface area contributed by atoms with Gasteiger partial charge < -0.3 is 9.47 Å². The van der Waals surface area contributed by atoms with Crippen LogP contribution in [0.15, 0.2) is 37.2 Å². The van der Waals surface area contributed by atoms with Gasteiger partial charge in [0.05, 0.1) is 13.2 Å². The predicted molar refractivity (Wildman–Crippen MR) is 102 cm³/mol. The maximum atomic E-state index is 5.96. The molecule has 1 aliphatic rings. The molecule has 2 rings (SSSR count). The average molecular weight is 347 g/mol. The molecule has 1 saturated heterocycles. The third-order valence-corrected chi connectivity index (χ3v) is 4.91. The van der Waals surface area contributed by atoms with Gasteiger partial charge in [-0.2, -0.15) is 0 Å². The monoisotopic (exact) mass is 346 g/mol. The van der Waals surface area contributed by atoms with E-state index >= 15 is 0 Å². The molecule has 1 aromatic rings. The molecular formula is C22H36NO2+. The number of hydrogen-bond donors (Lipinski definition) is 0. The highest BCUT2D eigenvalue weighted by Crippen LogP contribution is 2.26. The van der Waals surface area contributed by atoms with Gasteiger partial charge in [0.15, 0.2) is 18.7 Å². The Balaban J connectivity index is 1.56. The van der Waals surface area contributed by atoms with Crippen LogP contribution in [-0.2, 0) is 16.0 Å². The zero-order valence-corrected chi connectivity index (χ0v) is 16.0. The van der Waals surface area contributed by atoms with E-state index in [9.17, 15) is 0 Å². The average Bonchev–Trinajstić information content (AvgIpc) is 2.65. The molecule has 3 nitrogen and oxygen atoms in total. The summed E-state index contributed by atoms with van der Waals surface area (Å²) >= 11 is 0. The first-order valence-electron chi connectivity index (χ1n) is 10.2. The second-order valence-electron chi connectivity index (χ2n) is 7.22. The molecule has 0 atom stereocenters. The van der Waals surface area contributed by atoms with Crippen LogP contribution in [-0.4, -0.2) is 13.2 Å². The number of pyridine rings is 1. The van der Waals surface area contributed by atoms with Crippen molar-refractivity contribution in [2.45, 2.75) is 77.5 Å². The minimum absolute atomic E-state index is 0.183. The Labute approximate surface area is 154 Å². The summed E-state index contributed by atoms with van der Waals surface area (Å²) in [6.45, 7) is 8.68. The lowest BCUT2D eigenvalue weighted by Gasteiger charge is -2.29. The molecule has 1 aliphatic heterocycles. The lowest BCUT2D eigenvalue weighted by molar-refractivity contribution is -0.697. The zero-order valence-electron chi connectivity index (χ0n) is 16.0. The molecule has 0 spiro atoms. The first kappa shape index (κ1) is 20.1. The lowest BCUT2D eigenvalue weighted by Crippen LogP contribution is -2.33. The smallest absolute Gasteiger partial charge is 0.184 e. The fourth-order valence-corrected chi connectivity index (χ4v) is 3.36. The Bertz CT molecular complexity index is 463. The summed E-state index contributed by atoms with van der Waals surface area (Å²) in [7, 11) is 0. The minimum Gasteiger partial charge on any atom is -0.348 e. The van der Waals surface area contributed by atoms with E-state index in [2.05, 4.69) is 42.6 Å². The standard InChI is InChI=1S/C22H36NO2/c1-3-5-6-7-8-9-10-11-12-20-18-24-22(25-19-20)21-13-16-23(15-4-2)17-14-21/h3,13-14,16-17,20,22H,1,4-12,15,18-19H2,2H3/q+1. The maximum Gasteiger partial charge on any atom is 0.184 e. The van der Waals surface area contributed by atoms with Gasteiger partial charge in [0.2, 0.25) is 0 Å². The first-order chi connectivity index (χ1) is 12.3. The van der Waals surface area contributed by atoms with Gasteiger partial charge in [0, 0.05) is 30.0 Å². The molecule has 0 aromatic carbocycles. The van der Waals surface area contributed by atoms with Crippen molar-refractivity contribution in [2.75, 3.05) is 13.2 Å². The summed E-state index contributed by atoms with van der Waals surface area (Å²) in [5.74, 6) is 0.561. The normalized spacial score (nSPS) is 20.5. The van der Waals surface area contributed by atoms with E-state index in [1.807, 2.05) is 6.08 Å². The SMILES string of the molecule is C=CCCCCCCCCC1COC(c2cc[n+](CCC)cc2)OC1. The Morgan fingerprint density at radius 2 is 1.68 bits per heavy atom. The zero-order chi connectivity index (χ0) is 17.7. The Kier molecular flexibility index (Phi) is 9.83. The first-order valence-corrected chi connectivity index (χ1v) is 10.2. The van der Waals surface area contributed by atoms with Crippen LogP contribution < -0.4 is 4.57 Å². The molecule has 0 unspecified atom stereocenters. The van der Waals surface area contributed by atoms with E-state index in [0.29, 0.717) is 5.92 Å². The molecule has 1 aromatic heterocycles. The summed E-state index contributed by atoms with van der Waals surface area (Å²) < 4.78 is 14.1. The van der Waals surface area contributed by atoms with Gasteiger partial charge in [0.1, 0.15) is 6.54 Å². The molecule has 25 heavy (non-hydrogen) atoms. The van der Waals surface area contributed by atoms with Gasteiger partial charge in [-0.25, -0.2) is 4.57 Å². The fourth-order valence-electron chi connectivity index (χ4n) is 3.36. The van der Waals surface area contributed by atoms with Crippen molar-refractivity contribution in [3.63, 3.8) is 0 Å². The van der Waals surface area contributed by atoms with Crippen LogP contribution >= 0.6 is 0 Å². The third kappa shape index (κ3) is 7.70. The van der Waals surface area contributed by atoms with Crippen LogP contribution in [0.2, 0.25) is 0 Å². The van der Waals surface area contributed by atoms with Crippen molar-refractivity contribution < 1.29 is 14.0 Å². The fraction of sp³-hybridized carbons (Fsp3) is 0.682. The molecule has 0 radical (unpaired) electrons. The van der Waals surface area contributed by atoms with Gasteiger partial charge in [0.25, 0.3) is 0 Å². The van der Waals surface area contributed by atoms with Crippen molar-refractivity contribution >= 4 is 0 Å². The summed E-state index contributed by atoms with van der Waals surface area (Å²) in [4.78, 5) is 0. The summed E-state index contributed by atoms with van der Waals surface area (Å²) in [6.07, 6.45) is 17.6.